The average Bonchev–Trinajstić information content (AvgIpc) is 2.73. The van der Waals surface area contributed by atoms with E-state index in [0.717, 1.165) is 26.1 Å². The van der Waals surface area contributed by atoms with Crippen LogP contribution in [-0.4, -0.2) is 46.8 Å². The van der Waals surface area contributed by atoms with Gasteiger partial charge in [-0.1, -0.05) is 16.7 Å². The minimum atomic E-state index is 0.145. The highest BCUT2D eigenvalue weighted by molar-refractivity contribution is 5.78. The van der Waals surface area contributed by atoms with E-state index in [0.29, 0.717) is 29.8 Å². The summed E-state index contributed by atoms with van der Waals surface area (Å²) in [6.45, 7) is 4.66. The number of amides is 1. The number of hydrogen-bond donors (Lipinski definition) is 1. The van der Waals surface area contributed by atoms with Gasteiger partial charge in [-0.25, -0.2) is 4.63 Å². The number of piperidine rings is 1. The molecule has 6 heteroatoms. The predicted molar refractivity (Wildman–Crippen MR) is 73.1 cm³/mol. The molecule has 1 aromatic rings. The Morgan fingerprint density at radius 3 is 3.10 bits per heavy atom. The fourth-order valence-electron chi connectivity index (χ4n) is 3.30. The molecule has 2 aliphatic heterocycles. The van der Waals surface area contributed by atoms with Crippen molar-refractivity contribution in [3.63, 3.8) is 0 Å². The van der Waals surface area contributed by atoms with Gasteiger partial charge in [0.2, 0.25) is 5.91 Å². The van der Waals surface area contributed by atoms with Crippen LogP contribution in [0.1, 0.15) is 37.1 Å². The molecule has 0 aromatic carbocycles. The van der Waals surface area contributed by atoms with Crippen LogP contribution in [0.2, 0.25) is 0 Å². The molecule has 2 aliphatic rings. The molecule has 20 heavy (non-hydrogen) atoms. The van der Waals surface area contributed by atoms with Gasteiger partial charge in [-0.15, -0.1) is 0 Å². The molecule has 0 saturated carbocycles. The first-order chi connectivity index (χ1) is 9.74. The first-order valence-corrected chi connectivity index (χ1v) is 7.53. The molecule has 2 fully saturated rings. The molecular weight excluding hydrogens is 256 g/mol. The number of carbonyl (C=O) groups is 1. The maximum atomic E-state index is 12.4. The summed E-state index contributed by atoms with van der Waals surface area (Å²) in [7, 11) is 0. The number of carbonyl (C=O) groups excluding carboxylic acids is 1. The fourth-order valence-corrected chi connectivity index (χ4v) is 3.30. The zero-order chi connectivity index (χ0) is 13.9. The van der Waals surface area contributed by atoms with Crippen molar-refractivity contribution in [1.29, 1.82) is 0 Å². The van der Waals surface area contributed by atoms with Crippen molar-refractivity contribution in [3.8, 4) is 0 Å². The van der Waals surface area contributed by atoms with Crippen molar-refractivity contribution in [2.75, 3.05) is 19.6 Å². The van der Waals surface area contributed by atoms with Crippen LogP contribution in [0.25, 0.3) is 0 Å². The van der Waals surface area contributed by atoms with Gasteiger partial charge in [-0.2, -0.15) is 0 Å². The lowest BCUT2D eigenvalue weighted by atomic mass is 9.89. The van der Waals surface area contributed by atoms with E-state index in [1.54, 1.807) is 0 Å². The second-order valence-corrected chi connectivity index (χ2v) is 5.92. The van der Waals surface area contributed by atoms with E-state index in [9.17, 15) is 4.79 Å². The van der Waals surface area contributed by atoms with E-state index in [1.165, 1.54) is 19.3 Å². The van der Waals surface area contributed by atoms with Gasteiger partial charge in [0.1, 0.15) is 11.4 Å². The third-order valence-corrected chi connectivity index (χ3v) is 4.56. The summed E-state index contributed by atoms with van der Waals surface area (Å²) < 4.78 is 4.66. The molecule has 0 spiro atoms. The number of rotatable bonds is 2. The summed E-state index contributed by atoms with van der Waals surface area (Å²) in [6, 6.07) is 0.594. The topological polar surface area (TPSA) is 71.3 Å². The number of fused-ring (bicyclic) bond motifs is 1. The van der Waals surface area contributed by atoms with Crippen LogP contribution in [0.15, 0.2) is 4.63 Å². The largest absolute Gasteiger partial charge is 0.342 e. The zero-order valence-electron chi connectivity index (χ0n) is 12.0. The number of likely N-dealkylation sites (tertiary alicyclic amines) is 1. The van der Waals surface area contributed by atoms with Crippen LogP contribution in [0.4, 0.5) is 0 Å². The van der Waals surface area contributed by atoms with Crippen molar-refractivity contribution in [1.82, 2.24) is 20.5 Å². The first kappa shape index (κ1) is 13.5. The molecule has 1 amide bonds. The van der Waals surface area contributed by atoms with Gasteiger partial charge in [0.05, 0.1) is 6.42 Å². The van der Waals surface area contributed by atoms with E-state index >= 15 is 0 Å². The summed E-state index contributed by atoms with van der Waals surface area (Å²) in [6.07, 6.45) is 5.12. The van der Waals surface area contributed by atoms with Gasteiger partial charge in [-0.3, -0.25) is 4.79 Å². The second kappa shape index (κ2) is 5.91. The SMILES string of the molecule is Cc1nonc1CC(=O)N1CC[C@H]2NCCCC[C@H]2C1. The predicted octanol–water partition coefficient (Wildman–Crippen LogP) is 0.911. The Balaban J connectivity index is 1.60. The molecule has 0 radical (unpaired) electrons. The molecule has 0 aliphatic carbocycles. The molecular formula is C14H22N4O2. The van der Waals surface area contributed by atoms with Crippen molar-refractivity contribution < 1.29 is 9.42 Å². The lowest BCUT2D eigenvalue weighted by Crippen LogP contribution is -2.50. The quantitative estimate of drug-likeness (QED) is 0.870. The number of aromatic nitrogens is 2. The van der Waals surface area contributed by atoms with Gasteiger partial charge in [0.25, 0.3) is 0 Å². The smallest absolute Gasteiger partial charge is 0.228 e. The van der Waals surface area contributed by atoms with Crippen LogP contribution in [0.3, 0.4) is 0 Å². The maximum Gasteiger partial charge on any atom is 0.228 e. The maximum absolute atomic E-state index is 12.4. The summed E-state index contributed by atoms with van der Waals surface area (Å²) in [5.74, 6) is 0.748. The monoisotopic (exact) mass is 278 g/mol. The Bertz CT molecular complexity index is 473. The molecule has 110 valence electrons. The van der Waals surface area contributed by atoms with Gasteiger partial charge in [0, 0.05) is 19.1 Å². The van der Waals surface area contributed by atoms with E-state index < -0.39 is 0 Å². The summed E-state index contributed by atoms with van der Waals surface area (Å²) in [5.41, 5.74) is 1.38. The Kier molecular flexibility index (Phi) is 4.00. The zero-order valence-corrected chi connectivity index (χ0v) is 12.0. The Morgan fingerprint density at radius 2 is 2.30 bits per heavy atom. The molecule has 2 saturated heterocycles. The third-order valence-electron chi connectivity index (χ3n) is 4.56. The summed E-state index contributed by atoms with van der Waals surface area (Å²) in [4.78, 5) is 14.4. The number of aryl methyl sites for hydroxylation is 1. The van der Waals surface area contributed by atoms with Crippen LogP contribution in [-0.2, 0) is 11.2 Å². The molecule has 3 rings (SSSR count). The molecule has 1 N–H and O–H groups in total. The number of nitrogens with zero attached hydrogens (tertiary/aromatic N) is 3. The second-order valence-electron chi connectivity index (χ2n) is 5.92. The van der Waals surface area contributed by atoms with Crippen LogP contribution < -0.4 is 5.32 Å². The minimum Gasteiger partial charge on any atom is -0.342 e. The summed E-state index contributed by atoms with van der Waals surface area (Å²) >= 11 is 0. The standard InChI is InChI=1S/C14H22N4O2/c1-10-13(17-20-16-10)8-14(19)18-7-5-12-11(9-18)4-2-3-6-15-12/h11-12,15H,2-9H2,1H3/t11-,12+/m0/s1. The van der Waals surface area contributed by atoms with Crippen LogP contribution in [0, 0.1) is 12.8 Å². The Morgan fingerprint density at radius 1 is 1.40 bits per heavy atom. The van der Waals surface area contributed by atoms with Crippen molar-refractivity contribution in [2.45, 2.75) is 45.1 Å². The van der Waals surface area contributed by atoms with Crippen LogP contribution in [0.5, 0.6) is 0 Å². The Hall–Kier alpha value is -1.43. The average molecular weight is 278 g/mol. The highest BCUT2D eigenvalue weighted by Gasteiger charge is 2.32. The van der Waals surface area contributed by atoms with E-state index in [-0.39, 0.29) is 5.91 Å². The molecule has 6 nitrogen and oxygen atoms in total. The third kappa shape index (κ3) is 2.85. The molecule has 3 heterocycles. The lowest BCUT2D eigenvalue weighted by Gasteiger charge is -2.38. The van der Waals surface area contributed by atoms with Gasteiger partial charge in [0.15, 0.2) is 0 Å². The first-order valence-electron chi connectivity index (χ1n) is 7.53. The van der Waals surface area contributed by atoms with Gasteiger partial charge < -0.3 is 10.2 Å². The Labute approximate surface area is 118 Å². The van der Waals surface area contributed by atoms with Crippen molar-refractivity contribution in [3.05, 3.63) is 11.4 Å². The van der Waals surface area contributed by atoms with E-state index in [1.807, 2.05) is 11.8 Å². The number of hydrogen-bond acceptors (Lipinski definition) is 5. The highest BCUT2D eigenvalue weighted by atomic mass is 16.6. The molecule has 1 aromatic heterocycles. The van der Waals surface area contributed by atoms with E-state index in [2.05, 4.69) is 20.3 Å². The lowest BCUT2D eigenvalue weighted by molar-refractivity contribution is -0.132. The molecule has 0 bridgehead atoms. The highest BCUT2D eigenvalue weighted by Crippen LogP contribution is 2.25. The summed E-state index contributed by atoms with van der Waals surface area (Å²) in [5, 5.41) is 11.1. The van der Waals surface area contributed by atoms with Gasteiger partial charge in [-0.05, 0) is 38.6 Å². The van der Waals surface area contributed by atoms with E-state index in [4.69, 9.17) is 0 Å². The fraction of sp³-hybridized carbons (Fsp3) is 0.786. The van der Waals surface area contributed by atoms with Crippen molar-refractivity contribution in [2.24, 2.45) is 5.92 Å². The van der Waals surface area contributed by atoms with Gasteiger partial charge >= 0.3 is 0 Å². The van der Waals surface area contributed by atoms with Crippen LogP contribution >= 0.6 is 0 Å². The normalized spacial score (nSPS) is 26.9. The molecule has 2 atom stereocenters. The van der Waals surface area contributed by atoms with Crippen molar-refractivity contribution >= 4 is 5.91 Å². The minimum absolute atomic E-state index is 0.145. The molecule has 0 unspecified atom stereocenters. The number of nitrogens with one attached hydrogen (secondary N) is 1.